The Hall–Kier alpha value is -2.55. The van der Waals surface area contributed by atoms with E-state index in [1.807, 2.05) is 45.0 Å². The van der Waals surface area contributed by atoms with Crippen molar-refractivity contribution in [3.05, 3.63) is 70.3 Å². The molecule has 0 unspecified atom stereocenters. The number of carboxylic acid groups (broad SMARTS) is 1. The molecule has 0 saturated carbocycles. The summed E-state index contributed by atoms with van der Waals surface area (Å²) in [5, 5.41) is 9.24. The lowest BCUT2D eigenvalue weighted by atomic mass is 9.82. The number of halogens is 6. The number of hydrogen-bond acceptors (Lipinski definition) is 2. The van der Waals surface area contributed by atoms with Gasteiger partial charge in [-0.15, -0.1) is 0 Å². The summed E-state index contributed by atoms with van der Waals surface area (Å²) < 4.78 is 80.8. The lowest BCUT2D eigenvalue weighted by Crippen LogP contribution is -2.37. The van der Waals surface area contributed by atoms with Gasteiger partial charge >= 0.3 is 18.3 Å². The predicted molar refractivity (Wildman–Crippen MR) is 120 cm³/mol. The summed E-state index contributed by atoms with van der Waals surface area (Å²) in [5.41, 5.74) is -0.930. The zero-order valence-electron chi connectivity index (χ0n) is 19.8. The number of piperidine rings is 1. The number of carbonyl (C=O) groups is 1. The smallest absolute Gasteiger partial charge is 0.416 e. The van der Waals surface area contributed by atoms with E-state index in [1.54, 1.807) is 4.90 Å². The van der Waals surface area contributed by atoms with E-state index in [0.29, 0.717) is 31.0 Å². The minimum Gasteiger partial charge on any atom is -0.481 e. The highest BCUT2D eigenvalue weighted by Crippen LogP contribution is 2.41. The maximum absolute atomic E-state index is 13.6. The van der Waals surface area contributed by atoms with E-state index in [2.05, 4.69) is 0 Å². The zero-order valence-corrected chi connectivity index (χ0v) is 19.8. The molecule has 35 heavy (non-hydrogen) atoms. The van der Waals surface area contributed by atoms with Gasteiger partial charge < -0.3 is 5.11 Å². The third-order valence-electron chi connectivity index (χ3n) is 6.56. The van der Waals surface area contributed by atoms with Crippen molar-refractivity contribution in [2.75, 3.05) is 6.54 Å². The van der Waals surface area contributed by atoms with Crippen molar-refractivity contribution in [2.24, 2.45) is 5.92 Å². The van der Waals surface area contributed by atoms with Crippen LogP contribution in [0, 0.1) is 5.92 Å². The van der Waals surface area contributed by atoms with Crippen LogP contribution in [0.15, 0.2) is 42.5 Å². The van der Waals surface area contributed by atoms with Gasteiger partial charge in [-0.1, -0.05) is 45.0 Å². The van der Waals surface area contributed by atoms with Crippen molar-refractivity contribution >= 4 is 5.97 Å². The van der Waals surface area contributed by atoms with Crippen molar-refractivity contribution in [1.82, 2.24) is 4.90 Å². The Morgan fingerprint density at radius 2 is 1.54 bits per heavy atom. The van der Waals surface area contributed by atoms with Crippen LogP contribution < -0.4 is 0 Å². The molecule has 0 spiro atoms. The maximum Gasteiger partial charge on any atom is 0.416 e. The molecular formula is C26H29F6NO2. The number of benzene rings is 2. The Labute approximate surface area is 200 Å². The zero-order chi connectivity index (χ0) is 26.2. The summed E-state index contributed by atoms with van der Waals surface area (Å²) >= 11 is 0. The molecule has 2 aromatic rings. The second-order valence-corrected chi connectivity index (χ2v) is 10.2. The van der Waals surface area contributed by atoms with Gasteiger partial charge in [0.25, 0.3) is 0 Å². The van der Waals surface area contributed by atoms with E-state index in [-0.39, 0.29) is 30.8 Å². The van der Waals surface area contributed by atoms with Crippen molar-refractivity contribution in [2.45, 2.75) is 70.4 Å². The number of rotatable bonds is 5. The summed E-state index contributed by atoms with van der Waals surface area (Å²) in [4.78, 5) is 13.0. The molecule has 192 valence electrons. The number of hydrogen-bond donors (Lipinski definition) is 1. The van der Waals surface area contributed by atoms with E-state index < -0.39 is 41.1 Å². The number of aliphatic carboxylic acids is 1. The molecular weight excluding hydrogens is 472 g/mol. The first kappa shape index (κ1) is 27.0. The lowest BCUT2D eigenvalue weighted by molar-refractivity contribution is -0.142. The summed E-state index contributed by atoms with van der Waals surface area (Å²) in [6.45, 7) is 6.08. The second-order valence-electron chi connectivity index (χ2n) is 10.2. The fourth-order valence-corrected chi connectivity index (χ4v) is 4.66. The number of alkyl halides is 6. The molecule has 1 aliphatic heterocycles. The molecule has 3 nitrogen and oxygen atoms in total. The van der Waals surface area contributed by atoms with Crippen molar-refractivity contribution in [3.63, 3.8) is 0 Å². The standard InChI is InChI=1S/C26H29F6NO2/c1-24(2,3)19-6-4-17(5-7-19)22-12-16(13-23(34)35)10-11-33(22)15-18-14-20(25(27,28)29)8-9-21(18)26(30,31)32/h4-9,14,16,22H,10-13,15H2,1-3H3,(H,34,35)/t16-,22+/m1/s1. The van der Waals surface area contributed by atoms with E-state index in [4.69, 9.17) is 0 Å². The van der Waals surface area contributed by atoms with Gasteiger partial charge in [-0.3, -0.25) is 9.69 Å². The van der Waals surface area contributed by atoms with Crippen LogP contribution in [-0.2, 0) is 29.1 Å². The first-order valence-electron chi connectivity index (χ1n) is 11.4. The lowest BCUT2D eigenvalue weighted by Gasteiger charge is -2.40. The Morgan fingerprint density at radius 3 is 2.06 bits per heavy atom. The normalized spacial score (nSPS) is 20.1. The van der Waals surface area contributed by atoms with Gasteiger partial charge in [0, 0.05) is 19.0 Å². The van der Waals surface area contributed by atoms with Crippen LogP contribution in [0.5, 0.6) is 0 Å². The summed E-state index contributed by atoms with van der Waals surface area (Å²) in [6, 6.07) is 8.70. The van der Waals surface area contributed by atoms with E-state index in [9.17, 15) is 36.2 Å². The average molecular weight is 502 g/mol. The quantitative estimate of drug-likeness (QED) is 0.433. The first-order chi connectivity index (χ1) is 16.1. The molecule has 0 bridgehead atoms. The molecule has 2 atom stereocenters. The molecule has 1 heterocycles. The third kappa shape index (κ3) is 6.78. The van der Waals surface area contributed by atoms with Crippen molar-refractivity contribution in [3.8, 4) is 0 Å². The summed E-state index contributed by atoms with van der Waals surface area (Å²) in [7, 11) is 0. The highest BCUT2D eigenvalue weighted by atomic mass is 19.4. The van der Waals surface area contributed by atoms with E-state index in [1.165, 1.54) is 0 Å². The summed E-state index contributed by atoms with van der Waals surface area (Å²) in [5.74, 6) is -1.14. The van der Waals surface area contributed by atoms with Crippen LogP contribution in [-0.4, -0.2) is 22.5 Å². The number of carboxylic acids is 1. The third-order valence-corrected chi connectivity index (χ3v) is 6.56. The molecule has 1 fully saturated rings. The molecule has 1 N–H and O–H groups in total. The molecule has 2 aromatic carbocycles. The molecule has 0 amide bonds. The largest absolute Gasteiger partial charge is 0.481 e. The predicted octanol–water partition coefficient (Wildman–Crippen LogP) is 7.45. The second kappa shape index (κ2) is 9.84. The van der Waals surface area contributed by atoms with Gasteiger partial charge in [0.15, 0.2) is 0 Å². The Bertz CT molecular complexity index is 1040. The average Bonchev–Trinajstić information content (AvgIpc) is 2.72. The molecule has 9 heteroatoms. The van der Waals surface area contributed by atoms with Gasteiger partial charge in [0.1, 0.15) is 0 Å². The Morgan fingerprint density at radius 1 is 0.943 bits per heavy atom. The Kier molecular flexibility index (Phi) is 7.60. The Balaban J connectivity index is 1.99. The highest BCUT2D eigenvalue weighted by molar-refractivity contribution is 5.67. The summed E-state index contributed by atoms with van der Waals surface area (Å²) in [6.07, 6.45) is -8.81. The van der Waals surface area contributed by atoms with Crippen LogP contribution in [0.25, 0.3) is 0 Å². The highest BCUT2D eigenvalue weighted by Gasteiger charge is 2.38. The van der Waals surface area contributed by atoms with Crippen LogP contribution in [0.2, 0.25) is 0 Å². The SMILES string of the molecule is CC(C)(C)c1ccc([C@@H]2C[C@H](CC(=O)O)CCN2Cc2cc(C(F)(F)F)ccc2C(F)(F)F)cc1. The molecule has 1 aliphatic rings. The minimum absolute atomic E-state index is 0.0677. The van der Waals surface area contributed by atoms with Gasteiger partial charge in [-0.05, 0) is 65.6 Å². The molecule has 0 aromatic heterocycles. The van der Waals surface area contributed by atoms with Crippen molar-refractivity contribution < 1.29 is 36.2 Å². The van der Waals surface area contributed by atoms with Gasteiger partial charge in [0.05, 0.1) is 11.1 Å². The number of likely N-dealkylation sites (tertiary alicyclic amines) is 1. The molecule has 1 saturated heterocycles. The molecule has 0 aliphatic carbocycles. The van der Waals surface area contributed by atoms with Crippen molar-refractivity contribution in [1.29, 1.82) is 0 Å². The van der Waals surface area contributed by atoms with E-state index in [0.717, 1.165) is 11.1 Å². The topological polar surface area (TPSA) is 40.5 Å². The van der Waals surface area contributed by atoms with Gasteiger partial charge in [-0.2, -0.15) is 26.3 Å². The monoisotopic (exact) mass is 501 g/mol. The van der Waals surface area contributed by atoms with Crippen LogP contribution >= 0.6 is 0 Å². The number of nitrogens with zero attached hydrogens (tertiary/aromatic N) is 1. The molecule has 3 rings (SSSR count). The van der Waals surface area contributed by atoms with Gasteiger partial charge in [-0.25, -0.2) is 0 Å². The van der Waals surface area contributed by atoms with Crippen LogP contribution in [0.4, 0.5) is 26.3 Å². The van der Waals surface area contributed by atoms with Gasteiger partial charge in [0.2, 0.25) is 0 Å². The van der Waals surface area contributed by atoms with Crippen LogP contribution in [0.3, 0.4) is 0 Å². The molecule has 0 radical (unpaired) electrons. The van der Waals surface area contributed by atoms with Crippen LogP contribution in [0.1, 0.15) is 73.9 Å². The minimum atomic E-state index is -4.80. The fraction of sp³-hybridized carbons (Fsp3) is 0.500. The maximum atomic E-state index is 13.6. The fourth-order valence-electron chi connectivity index (χ4n) is 4.66. The first-order valence-corrected chi connectivity index (χ1v) is 11.4. The van der Waals surface area contributed by atoms with E-state index >= 15 is 0 Å².